The number of fused-ring (bicyclic) bond motifs is 1. The average Bonchev–Trinajstić information content (AvgIpc) is 3.07. The molecule has 1 saturated carbocycles. The van der Waals surface area contributed by atoms with E-state index in [1.807, 2.05) is 4.90 Å². The van der Waals surface area contributed by atoms with E-state index in [0.29, 0.717) is 19.5 Å². The van der Waals surface area contributed by atoms with Crippen LogP contribution in [0.25, 0.3) is 0 Å². The van der Waals surface area contributed by atoms with Gasteiger partial charge in [-0.05, 0) is 35.6 Å². The number of tetrazole rings is 1. The lowest BCUT2D eigenvalue weighted by molar-refractivity contribution is -0.148. The minimum absolute atomic E-state index is 0.0827. The minimum Gasteiger partial charge on any atom is -0.389 e. The van der Waals surface area contributed by atoms with Gasteiger partial charge in [0.25, 0.3) is 0 Å². The quantitative estimate of drug-likeness (QED) is 0.906. The highest BCUT2D eigenvalue weighted by molar-refractivity contribution is 5.80. The first kappa shape index (κ1) is 16.4. The Labute approximate surface area is 137 Å². The minimum atomic E-state index is -0.560. The molecule has 1 amide bonds. The predicted octanol–water partition coefficient (Wildman–Crippen LogP) is 1.41. The number of rotatable bonds is 4. The van der Waals surface area contributed by atoms with E-state index in [-0.39, 0.29) is 23.8 Å². The largest absolute Gasteiger partial charge is 0.389 e. The number of amides is 1. The van der Waals surface area contributed by atoms with E-state index < -0.39 is 5.60 Å². The lowest BCUT2D eigenvalue weighted by atomic mass is 9.71. The number of hydrogen-bond donors (Lipinski definition) is 1. The van der Waals surface area contributed by atoms with Crippen molar-refractivity contribution in [1.29, 1.82) is 0 Å². The zero-order chi connectivity index (χ0) is 16.4. The topological polar surface area (TPSA) is 84.1 Å². The number of aromatic nitrogens is 4. The summed E-state index contributed by atoms with van der Waals surface area (Å²) in [7, 11) is 0. The van der Waals surface area contributed by atoms with Gasteiger partial charge in [-0.3, -0.25) is 4.79 Å². The standard InChI is InChI=1S/C16H27N5O2/c1-3-12(2)14(21-11-17-18-19-21)15(22)20-9-8-16(23)7-5-4-6-13(16)10-20/h11-14,23H,3-10H2,1-2H3. The van der Waals surface area contributed by atoms with Crippen molar-refractivity contribution in [2.45, 2.75) is 64.0 Å². The summed E-state index contributed by atoms with van der Waals surface area (Å²) in [6.07, 6.45) is 7.23. The molecule has 0 bridgehead atoms. The van der Waals surface area contributed by atoms with Crippen LogP contribution in [0.1, 0.15) is 58.4 Å². The molecule has 1 aromatic heterocycles. The van der Waals surface area contributed by atoms with E-state index in [0.717, 1.165) is 32.1 Å². The van der Waals surface area contributed by atoms with Crippen LogP contribution in [0, 0.1) is 11.8 Å². The average molecular weight is 321 g/mol. The van der Waals surface area contributed by atoms with Gasteiger partial charge in [-0.15, -0.1) is 5.10 Å². The smallest absolute Gasteiger partial charge is 0.247 e. The fourth-order valence-corrected chi connectivity index (χ4v) is 4.09. The van der Waals surface area contributed by atoms with E-state index in [1.54, 1.807) is 4.68 Å². The van der Waals surface area contributed by atoms with Gasteiger partial charge in [0.05, 0.1) is 5.60 Å². The van der Waals surface area contributed by atoms with Crippen LogP contribution in [0.2, 0.25) is 0 Å². The first-order valence-corrected chi connectivity index (χ1v) is 8.79. The summed E-state index contributed by atoms with van der Waals surface area (Å²) < 4.78 is 1.58. The summed E-state index contributed by atoms with van der Waals surface area (Å²) in [5.41, 5.74) is -0.560. The van der Waals surface area contributed by atoms with Crippen LogP contribution in [0.3, 0.4) is 0 Å². The van der Waals surface area contributed by atoms with Gasteiger partial charge < -0.3 is 10.0 Å². The second kappa shape index (κ2) is 6.55. The Hall–Kier alpha value is -1.50. The number of carbonyl (C=O) groups excluding carboxylic acids is 1. The normalized spacial score (nSPS) is 30.6. The van der Waals surface area contributed by atoms with Crippen LogP contribution in [0.5, 0.6) is 0 Å². The second-order valence-corrected chi connectivity index (χ2v) is 7.20. The molecule has 2 aliphatic rings. The molecule has 128 valence electrons. The van der Waals surface area contributed by atoms with Crippen LogP contribution in [-0.2, 0) is 4.79 Å². The third kappa shape index (κ3) is 3.11. The molecule has 2 fully saturated rings. The molecule has 3 rings (SSSR count). The maximum atomic E-state index is 13.1. The Bertz CT molecular complexity index is 535. The highest BCUT2D eigenvalue weighted by Gasteiger charge is 2.45. The molecule has 1 N–H and O–H groups in total. The van der Waals surface area contributed by atoms with E-state index in [1.165, 1.54) is 6.33 Å². The van der Waals surface area contributed by atoms with E-state index in [2.05, 4.69) is 29.4 Å². The molecule has 1 aliphatic carbocycles. The van der Waals surface area contributed by atoms with Crippen molar-refractivity contribution in [2.75, 3.05) is 13.1 Å². The van der Waals surface area contributed by atoms with Gasteiger partial charge in [-0.1, -0.05) is 33.1 Å². The number of hydrogen-bond acceptors (Lipinski definition) is 5. The third-order valence-corrected chi connectivity index (χ3v) is 5.83. The number of carbonyl (C=O) groups is 1. The second-order valence-electron chi connectivity index (χ2n) is 7.20. The van der Waals surface area contributed by atoms with E-state index in [4.69, 9.17) is 0 Å². The maximum Gasteiger partial charge on any atom is 0.247 e. The molecule has 23 heavy (non-hydrogen) atoms. The summed E-state index contributed by atoms with van der Waals surface area (Å²) in [6.45, 7) is 5.42. The molecule has 1 aromatic rings. The van der Waals surface area contributed by atoms with Crippen molar-refractivity contribution >= 4 is 5.91 Å². The summed E-state index contributed by atoms with van der Waals surface area (Å²) >= 11 is 0. The van der Waals surface area contributed by atoms with Crippen molar-refractivity contribution in [3.8, 4) is 0 Å². The molecule has 1 aliphatic heterocycles. The van der Waals surface area contributed by atoms with Crippen molar-refractivity contribution in [1.82, 2.24) is 25.1 Å². The Morgan fingerprint density at radius 2 is 2.26 bits per heavy atom. The Kier molecular flexibility index (Phi) is 4.66. The molecular formula is C16H27N5O2. The van der Waals surface area contributed by atoms with Gasteiger partial charge in [-0.2, -0.15) is 0 Å². The summed E-state index contributed by atoms with van der Waals surface area (Å²) in [5, 5.41) is 22.1. The number of aliphatic hydroxyl groups is 1. The summed E-state index contributed by atoms with van der Waals surface area (Å²) in [6, 6.07) is -0.357. The third-order valence-electron chi connectivity index (χ3n) is 5.83. The number of piperidine rings is 1. The first-order valence-electron chi connectivity index (χ1n) is 8.79. The molecule has 7 nitrogen and oxygen atoms in total. The maximum absolute atomic E-state index is 13.1. The molecule has 1 saturated heterocycles. The Balaban J connectivity index is 1.76. The molecule has 0 spiro atoms. The van der Waals surface area contributed by atoms with Crippen molar-refractivity contribution < 1.29 is 9.90 Å². The van der Waals surface area contributed by atoms with Crippen LogP contribution >= 0.6 is 0 Å². The summed E-state index contributed by atoms with van der Waals surface area (Å²) in [5.74, 6) is 0.456. The summed E-state index contributed by atoms with van der Waals surface area (Å²) in [4.78, 5) is 15.0. The molecule has 4 unspecified atom stereocenters. The van der Waals surface area contributed by atoms with Gasteiger partial charge in [0.2, 0.25) is 5.91 Å². The molecule has 2 heterocycles. The van der Waals surface area contributed by atoms with Crippen LogP contribution < -0.4 is 0 Å². The monoisotopic (exact) mass is 321 g/mol. The zero-order valence-electron chi connectivity index (χ0n) is 14.1. The van der Waals surface area contributed by atoms with E-state index in [9.17, 15) is 9.90 Å². The van der Waals surface area contributed by atoms with Crippen molar-refractivity contribution in [2.24, 2.45) is 11.8 Å². The highest BCUT2D eigenvalue weighted by Crippen LogP contribution is 2.40. The molecule has 4 atom stereocenters. The van der Waals surface area contributed by atoms with Crippen molar-refractivity contribution in [3.63, 3.8) is 0 Å². The Morgan fingerprint density at radius 1 is 1.43 bits per heavy atom. The fraction of sp³-hybridized carbons (Fsp3) is 0.875. The van der Waals surface area contributed by atoms with Gasteiger partial charge >= 0.3 is 0 Å². The van der Waals surface area contributed by atoms with Gasteiger partial charge in [0.1, 0.15) is 12.4 Å². The van der Waals surface area contributed by atoms with Gasteiger partial charge in [0, 0.05) is 19.0 Å². The predicted molar refractivity (Wildman–Crippen MR) is 84.4 cm³/mol. The molecule has 0 aromatic carbocycles. The fourth-order valence-electron chi connectivity index (χ4n) is 4.09. The zero-order valence-corrected chi connectivity index (χ0v) is 14.1. The van der Waals surface area contributed by atoms with Gasteiger partial charge in [-0.25, -0.2) is 4.68 Å². The van der Waals surface area contributed by atoms with Crippen molar-refractivity contribution in [3.05, 3.63) is 6.33 Å². The molecule has 0 radical (unpaired) electrons. The number of nitrogens with zero attached hydrogens (tertiary/aromatic N) is 5. The molecular weight excluding hydrogens is 294 g/mol. The SMILES string of the molecule is CCC(C)C(C(=O)N1CCC2(O)CCCCC2C1)n1cnnn1. The van der Waals surface area contributed by atoms with Gasteiger partial charge in [0.15, 0.2) is 0 Å². The van der Waals surface area contributed by atoms with Crippen LogP contribution in [0.4, 0.5) is 0 Å². The van der Waals surface area contributed by atoms with E-state index >= 15 is 0 Å². The van der Waals surface area contributed by atoms with Crippen LogP contribution in [-0.4, -0.2) is 54.8 Å². The molecule has 7 heteroatoms. The lowest BCUT2D eigenvalue weighted by Crippen LogP contribution is -2.56. The lowest BCUT2D eigenvalue weighted by Gasteiger charge is -2.48. The number of likely N-dealkylation sites (tertiary alicyclic amines) is 1. The Morgan fingerprint density at radius 3 is 2.96 bits per heavy atom. The highest BCUT2D eigenvalue weighted by atomic mass is 16.3. The van der Waals surface area contributed by atoms with Crippen LogP contribution in [0.15, 0.2) is 6.33 Å². The first-order chi connectivity index (χ1) is 11.0.